The fraction of sp³-hybridized carbons (Fsp3) is 0.364. The van der Waals surface area contributed by atoms with E-state index in [0.29, 0.717) is 11.4 Å². The third kappa shape index (κ3) is 1.68. The van der Waals surface area contributed by atoms with Crippen LogP contribution in [0.2, 0.25) is 0 Å². The summed E-state index contributed by atoms with van der Waals surface area (Å²) in [5.74, 6) is 0.479. The lowest BCUT2D eigenvalue weighted by Gasteiger charge is -2.30. The van der Waals surface area contributed by atoms with Crippen LogP contribution in [0.4, 0.5) is 5.69 Å². The van der Waals surface area contributed by atoms with Gasteiger partial charge in [-0.1, -0.05) is 6.07 Å². The quantitative estimate of drug-likeness (QED) is 0.728. The van der Waals surface area contributed by atoms with Gasteiger partial charge < -0.3 is 15.2 Å². The number of methoxy groups -OCH3 is 1. The summed E-state index contributed by atoms with van der Waals surface area (Å²) in [6.45, 7) is 1.64. The van der Waals surface area contributed by atoms with Crippen molar-refractivity contribution in [2.45, 2.75) is 18.9 Å². The van der Waals surface area contributed by atoms with E-state index in [9.17, 15) is 9.90 Å². The number of nitrogens with one attached hydrogen (secondary N) is 1. The van der Waals surface area contributed by atoms with Crippen molar-refractivity contribution in [3.63, 3.8) is 0 Å². The Morgan fingerprint density at radius 2 is 2.27 bits per heavy atom. The first-order valence-corrected chi connectivity index (χ1v) is 4.74. The van der Waals surface area contributed by atoms with Crippen LogP contribution in [0.25, 0.3) is 0 Å². The Kier molecular flexibility index (Phi) is 2.16. The number of rotatable bonds is 1. The molecule has 0 radical (unpaired) electrons. The van der Waals surface area contributed by atoms with Crippen molar-refractivity contribution in [2.75, 3.05) is 12.4 Å². The third-order valence-electron chi connectivity index (χ3n) is 2.59. The lowest BCUT2D eigenvalue weighted by atomic mass is 9.88. The molecular formula is C11H13NO3. The molecule has 0 saturated carbocycles. The summed E-state index contributed by atoms with van der Waals surface area (Å²) in [7, 11) is 1.56. The van der Waals surface area contributed by atoms with Crippen molar-refractivity contribution >= 4 is 11.6 Å². The zero-order chi connectivity index (χ0) is 11.1. The van der Waals surface area contributed by atoms with E-state index < -0.39 is 5.60 Å². The lowest BCUT2D eigenvalue weighted by molar-refractivity contribution is -0.121. The second kappa shape index (κ2) is 3.24. The molecule has 1 amide bonds. The van der Waals surface area contributed by atoms with Gasteiger partial charge in [0.2, 0.25) is 5.91 Å². The number of carbonyl (C=O) groups excluding carboxylic acids is 1. The van der Waals surface area contributed by atoms with E-state index >= 15 is 0 Å². The van der Waals surface area contributed by atoms with Crippen molar-refractivity contribution in [1.29, 1.82) is 0 Å². The minimum Gasteiger partial charge on any atom is -0.497 e. The molecule has 1 aromatic carbocycles. The van der Waals surface area contributed by atoms with E-state index in [4.69, 9.17) is 4.74 Å². The fourth-order valence-corrected chi connectivity index (χ4v) is 1.83. The summed E-state index contributed by atoms with van der Waals surface area (Å²) in [6.07, 6.45) is 0.0896. The Bertz CT molecular complexity index is 412. The van der Waals surface area contributed by atoms with Gasteiger partial charge in [-0.15, -0.1) is 0 Å². The van der Waals surface area contributed by atoms with E-state index in [1.807, 2.05) is 0 Å². The average molecular weight is 207 g/mol. The number of benzene rings is 1. The topological polar surface area (TPSA) is 58.6 Å². The number of aliphatic hydroxyl groups is 1. The van der Waals surface area contributed by atoms with Gasteiger partial charge >= 0.3 is 0 Å². The third-order valence-corrected chi connectivity index (χ3v) is 2.59. The number of anilines is 1. The Balaban J connectivity index is 2.52. The molecule has 0 saturated heterocycles. The van der Waals surface area contributed by atoms with Crippen LogP contribution in [0.3, 0.4) is 0 Å². The van der Waals surface area contributed by atoms with Gasteiger partial charge in [0.1, 0.15) is 5.75 Å². The first-order chi connectivity index (χ1) is 7.03. The maximum absolute atomic E-state index is 11.3. The number of carbonyl (C=O) groups is 1. The average Bonchev–Trinajstić information content (AvgIpc) is 2.15. The summed E-state index contributed by atoms with van der Waals surface area (Å²) in [4.78, 5) is 11.3. The fourth-order valence-electron chi connectivity index (χ4n) is 1.83. The molecule has 0 bridgehead atoms. The molecule has 1 aliphatic heterocycles. The molecule has 2 rings (SSSR count). The van der Waals surface area contributed by atoms with Crippen LogP contribution in [0.1, 0.15) is 18.9 Å². The van der Waals surface area contributed by atoms with Crippen molar-refractivity contribution in [2.24, 2.45) is 0 Å². The smallest absolute Gasteiger partial charge is 0.227 e. The van der Waals surface area contributed by atoms with Gasteiger partial charge in [-0.2, -0.15) is 0 Å². The zero-order valence-electron chi connectivity index (χ0n) is 8.70. The van der Waals surface area contributed by atoms with Crippen LogP contribution in [0.5, 0.6) is 5.75 Å². The molecule has 1 aromatic rings. The molecule has 1 aliphatic rings. The largest absolute Gasteiger partial charge is 0.497 e. The Morgan fingerprint density at radius 1 is 1.53 bits per heavy atom. The van der Waals surface area contributed by atoms with Crippen molar-refractivity contribution in [1.82, 2.24) is 0 Å². The molecule has 4 nitrogen and oxygen atoms in total. The summed E-state index contributed by atoms with van der Waals surface area (Å²) in [5.41, 5.74) is 0.253. The monoisotopic (exact) mass is 207 g/mol. The molecule has 0 spiro atoms. The summed E-state index contributed by atoms with van der Waals surface area (Å²) in [6, 6.07) is 5.25. The van der Waals surface area contributed by atoms with Gasteiger partial charge in [0.15, 0.2) is 0 Å². The predicted molar refractivity (Wildman–Crippen MR) is 55.8 cm³/mol. The van der Waals surface area contributed by atoms with Crippen LogP contribution in [-0.2, 0) is 10.4 Å². The van der Waals surface area contributed by atoms with E-state index in [0.717, 1.165) is 5.56 Å². The Morgan fingerprint density at radius 3 is 2.93 bits per heavy atom. The van der Waals surface area contributed by atoms with Crippen molar-refractivity contribution < 1.29 is 14.6 Å². The molecule has 0 fully saturated rings. The predicted octanol–water partition coefficient (Wildman–Crippen LogP) is 1.24. The number of hydrogen-bond donors (Lipinski definition) is 2. The standard InChI is InChI=1S/C11H13NO3/c1-11(14)6-10(13)12-9-5-7(15-2)3-4-8(9)11/h3-5,14H,6H2,1-2H3,(H,12,13). The van der Waals surface area contributed by atoms with Crippen molar-refractivity contribution in [3.05, 3.63) is 23.8 Å². The summed E-state index contributed by atoms with van der Waals surface area (Å²) in [5, 5.41) is 12.8. The van der Waals surface area contributed by atoms with E-state index in [2.05, 4.69) is 5.32 Å². The highest BCUT2D eigenvalue weighted by Crippen LogP contribution is 2.37. The molecule has 4 heteroatoms. The molecule has 1 unspecified atom stereocenters. The van der Waals surface area contributed by atoms with Crippen LogP contribution >= 0.6 is 0 Å². The van der Waals surface area contributed by atoms with Gasteiger partial charge in [0.05, 0.1) is 24.8 Å². The van der Waals surface area contributed by atoms with Gasteiger partial charge in [-0.3, -0.25) is 4.79 Å². The maximum atomic E-state index is 11.3. The highest BCUT2D eigenvalue weighted by atomic mass is 16.5. The SMILES string of the molecule is COc1ccc2c(c1)NC(=O)CC2(C)O. The molecule has 1 heterocycles. The Hall–Kier alpha value is -1.55. The molecule has 2 N–H and O–H groups in total. The molecule has 0 aliphatic carbocycles. The second-order valence-corrected chi connectivity index (χ2v) is 3.91. The van der Waals surface area contributed by atoms with E-state index in [1.165, 1.54) is 0 Å². The number of fused-ring (bicyclic) bond motifs is 1. The molecular weight excluding hydrogens is 194 g/mol. The van der Waals surface area contributed by atoms with E-state index in [1.54, 1.807) is 32.2 Å². The minimum atomic E-state index is -1.09. The van der Waals surface area contributed by atoms with Crippen LogP contribution < -0.4 is 10.1 Å². The van der Waals surface area contributed by atoms with Crippen LogP contribution in [-0.4, -0.2) is 18.1 Å². The summed E-state index contributed by atoms with van der Waals surface area (Å²) >= 11 is 0. The maximum Gasteiger partial charge on any atom is 0.227 e. The highest BCUT2D eigenvalue weighted by Gasteiger charge is 2.33. The lowest BCUT2D eigenvalue weighted by Crippen LogP contribution is -2.34. The van der Waals surface area contributed by atoms with Crippen LogP contribution in [0, 0.1) is 0 Å². The second-order valence-electron chi connectivity index (χ2n) is 3.91. The number of ether oxygens (including phenoxy) is 1. The van der Waals surface area contributed by atoms with E-state index in [-0.39, 0.29) is 12.3 Å². The van der Waals surface area contributed by atoms with Gasteiger partial charge in [-0.25, -0.2) is 0 Å². The minimum absolute atomic E-state index is 0.0896. The molecule has 0 aromatic heterocycles. The molecule has 15 heavy (non-hydrogen) atoms. The summed E-state index contributed by atoms with van der Waals surface area (Å²) < 4.78 is 5.05. The van der Waals surface area contributed by atoms with Gasteiger partial charge in [0.25, 0.3) is 0 Å². The zero-order valence-corrected chi connectivity index (χ0v) is 8.70. The number of amides is 1. The van der Waals surface area contributed by atoms with Crippen LogP contribution in [0.15, 0.2) is 18.2 Å². The Labute approximate surface area is 87.9 Å². The first kappa shape index (κ1) is 9.98. The van der Waals surface area contributed by atoms with Gasteiger partial charge in [-0.05, 0) is 13.0 Å². The first-order valence-electron chi connectivity index (χ1n) is 4.74. The molecule has 80 valence electrons. The highest BCUT2D eigenvalue weighted by molar-refractivity contribution is 5.95. The van der Waals surface area contributed by atoms with Gasteiger partial charge in [0, 0.05) is 11.6 Å². The molecule has 1 atom stereocenters. The normalized spacial score (nSPS) is 24.3. The number of hydrogen-bond acceptors (Lipinski definition) is 3. The van der Waals surface area contributed by atoms with Crippen molar-refractivity contribution in [3.8, 4) is 5.75 Å².